The largest absolute Gasteiger partial charge is 0.485 e. The molecule has 2 atom stereocenters. The number of rotatable bonds is 2. The van der Waals surface area contributed by atoms with Crippen LogP contribution in [0.15, 0.2) is 42.5 Å². The number of aliphatic hydroxyl groups excluding tert-OH is 1. The maximum atomic E-state index is 13.2. The minimum absolute atomic E-state index is 0.0680. The average molecular weight is 294 g/mol. The van der Waals surface area contributed by atoms with Crippen molar-refractivity contribution in [2.45, 2.75) is 25.1 Å². The van der Waals surface area contributed by atoms with Gasteiger partial charge in [0.05, 0.1) is 6.10 Å². The molecule has 0 amide bonds. The summed E-state index contributed by atoms with van der Waals surface area (Å²) in [7, 11) is 0. The van der Waals surface area contributed by atoms with Crippen molar-refractivity contribution in [1.29, 1.82) is 0 Å². The Morgan fingerprint density at radius 2 is 1.81 bits per heavy atom. The Morgan fingerprint density at radius 1 is 1.10 bits per heavy atom. The fraction of sp³-hybridized carbons (Fsp3) is 0.250. The third kappa shape index (κ3) is 2.74. The first-order valence-electron chi connectivity index (χ1n) is 6.57. The Bertz CT molecular complexity index is 640. The molecule has 2 nitrogen and oxygen atoms in total. The van der Waals surface area contributed by atoms with Crippen molar-refractivity contribution in [3.05, 3.63) is 65.0 Å². The molecule has 0 bridgehead atoms. The van der Waals surface area contributed by atoms with E-state index < -0.39 is 24.5 Å². The quantitative estimate of drug-likeness (QED) is 0.893. The second-order valence-electron chi connectivity index (χ2n) is 5.01. The van der Waals surface area contributed by atoms with Gasteiger partial charge in [-0.15, -0.1) is 0 Å². The molecule has 1 aliphatic heterocycles. The van der Waals surface area contributed by atoms with Crippen LogP contribution in [0.1, 0.15) is 41.7 Å². The van der Waals surface area contributed by atoms with Gasteiger partial charge in [-0.25, -0.2) is 13.2 Å². The summed E-state index contributed by atoms with van der Waals surface area (Å²) in [4.78, 5) is 0. The van der Waals surface area contributed by atoms with Crippen molar-refractivity contribution in [1.82, 2.24) is 0 Å². The molecule has 110 valence electrons. The highest BCUT2D eigenvalue weighted by atomic mass is 19.3. The average Bonchev–Trinajstić information content (AvgIpc) is 2.46. The van der Waals surface area contributed by atoms with Gasteiger partial charge in [-0.1, -0.05) is 24.3 Å². The summed E-state index contributed by atoms with van der Waals surface area (Å²) in [6.45, 7) is 0. The SMILES string of the molecule is O[C@H]1CC(c2ccc(C(F)F)cc2)Oc2cc(F)ccc21. The highest BCUT2D eigenvalue weighted by Gasteiger charge is 2.28. The molecule has 0 spiro atoms. The van der Waals surface area contributed by atoms with Crippen molar-refractivity contribution in [3.63, 3.8) is 0 Å². The molecule has 21 heavy (non-hydrogen) atoms. The zero-order valence-electron chi connectivity index (χ0n) is 11.0. The molecule has 1 unspecified atom stereocenters. The van der Waals surface area contributed by atoms with Gasteiger partial charge in [0.1, 0.15) is 17.7 Å². The fourth-order valence-electron chi connectivity index (χ4n) is 2.48. The summed E-state index contributed by atoms with van der Waals surface area (Å²) in [5, 5.41) is 10.1. The zero-order chi connectivity index (χ0) is 15.0. The van der Waals surface area contributed by atoms with Gasteiger partial charge in [0.2, 0.25) is 0 Å². The summed E-state index contributed by atoms with van der Waals surface area (Å²) >= 11 is 0. The normalized spacial score (nSPS) is 21.0. The van der Waals surface area contributed by atoms with E-state index in [-0.39, 0.29) is 11.3 Å². The third-order valence-electron chi connectivity index (χ3n) is 3.60. The maximum absolute atomic E-state index is 13.2. The van der Waals surface area contributed by atoms with E-state index in [1.807, 2.05) is 0 Å². The fourth-order valence-corrected chi connectivity index (χ4v) is 2.48. The van der Waals surface area contributed by atoms with E-state index in [0.717, 1.165) is 0 Å². The van der Waals surface area contributed by atoms with Gasteiger partial charge in [0, 0.05) is 23.6 Å². The Labute approximate surface area is 119 Å². The molecule has 0 fully saturated rings. The van der Waals surface area contributed by atoms with Gasteiger partial charge >= 0.3 is 0 Å². The van der Waals surface area contributed by atoms with Crippen LogP contribution in [0.5, 0.6) is 5.75 Å². The van der Waals surface area contributed by atoms with Crippen molar-refractivity contribution in [2.75, 3.05) is 0 Å². The molecule has 0 saturated carbocycles. The molecule has 0 aliphatic carbocycles. The second-order valence-corrected chi connectivity index (χ2v) is 5.01. The standard InChI is InChI=1S/C16H13F3O2/c17-11-5-6-12-13(20)8-14(21-15(12)7-11)9-1-3-10(4-2-9)16(18)19/h1-7,13-14,16,20H,8H2/t13-,14?/m0/s1. The van der Waals surface area contributed by atoms with Gasteiger partial charge in [0.25, 0.3) is 6.43 Å². The maximum Gasteiger partial charge on any atom is 0.263 e. The van der Waals surface area contributed by atoms with Gasteiger partial charge in [0.15, 0.2) is 0 Å². The lowest BCUT2D eigenvalue weighted by molar-refractivity contribution is 0.0653. The highest BCUT2D eigenvalue weighted by Crippen LogP contribution is 2.41. The molecule has 2 aromatic rings. The molecular weight excluding hydrogens is 281 g/mol. The number of benzene rings is 2. The van der Waals surface area contributed by atoms with Crippen LogP contribution in [0.3, 0.4) is 0 Å². The number of fused-ring (bicyclic) bond motifs is 1. The first kappa shape index (κ1) is 13.9. The molecule has 1 aliphatic rings. The van der Waals surface area contributed by atoms with E-state index in [2.05, 4.69) is 0 Å². The predicted octanol–water partition coefficient (Wildman–Crippen LogP) is 4.32. The van der Waals surface area contributed by atoms with Crippen LogP contribution >= 0.6 is 0 Å². The monoisotopic (exact) mass is 294 g/mol. The molecule has 3 rings (SSSR count). The molecule has 5 heteroatoms. The Balaban J connectivity index is 1.88. The van der Waals surface area contributed by atoms with Crippen molar-refractivity contribution in [2.24, 2.45) is 0 Å². The number of alkyl halides is 2. The van der Waals surface area contributed by atoms with Crippen LogP contribution in [0.2, 0.25) is 0 Å². The van der Waals surface area contributed by atoms with E-state index in [1.165, 1.54) is 30.3 Å². The van der Waals surface area contributed by atoms with Gasteiger partial charge in [-0.3, -0.25) is 0 Å². The Kier molecular flexibility index (Phi) is 3.59. The van der Waals surface area contributed by atoms with Crippen LogP contribution in [0.25, 0.3) is 0 Å². The van der Waals surface area contributed by atoms with Gasteiger partial charge < -0.3 is 9.84 Å². The molecular formula is C16H13F3O2. The Morgan fingerprint density at radius 3 is 2.48 bits per heavy atom. The van der Waals surface area contributed by atoms with Gasteiger partial charge in [-0.05, 0) is 17.7 Å². The third-order valence-corrected chi connectivity index (χ3v) is 3.60. The summed E-state index contributed by atoms with van der Waals surface area (Å²) in [5.41, 5.74) is 1.15. The van der Waals surface area contributed by atoms with Gasteiger partial charge in [-0.2, -0.15) is 0 Å². The first-order chi connectivity index (χ1) is 10.0. The van der Waals surface area contributed by atoms with E-state index in [4.69, 9.17) is 4.74 Å². The van der Waals surface area contributed by atoms with Crippen molar-refractivity contribution in [3.8, 4) is 5.75 Å². The van der Waals surface area contributed by atoms with E-state index >= 15 is 0 Å². The lowest BCUT2D eigenvalue weighted by atomic mass is 9.94. The lowest BCUT2D eigenvalue weighted by Gasteiger charge is -2.30. The summed E-state index contributed by atoms with van der Waals surface area (Å²) < 4.78 is 44.0. The topological polar surface area (TPSA) is 29.5 Å². The van der Waals surface area contributed by atoms with Crippen LogP contribution < -0.4 is 4.74 Å². The minimum Gasteiger partial charge on any atom is -0.485 e. The molecule has 0 radical (unpaired) electrons. The van der Waals surface area contributed by atoms with E-state index in [1.54, 1.807) is 12.1 Å². The van der Waals surface area contributed by atoms with E-state index in [0.29, 0.717) is 17.5 Å². The summed E-state index contributed by atoms with van der Waals surface area (Å²) in [6.07, 6.45) is -3.48. The molecule has 1 N–H and O–H groups in total. The number of hydrogen-bond acceptors (Lipinski definition) is 2. The van der Waals surface area contributed by atoms with Crippen LogP contribution in [-0.2, 0) is 0 Å². The smallest absolute Gasteiger partial charge is 0.263 e. The number of aliphatic hydroxyl groups is 1. The van der Waals surface area contributed by atoms with Crippen LogP contribution in [0, 0.1) is 5.82 Å². The first-order valence-corrected chi connectivity index (χ1v) is 6.57. The molecule has 0 aromatic heterocycles. The number of halogens is 3. The zero-order valence-corrected chi connectivity index (χ0v) is 11.0. The Hall–Kier alpha value is -2.01. The minimum atomic E-state index is -2.52. The lowest BCUT2D eigenvalue weighted by Crippen LogP contribution is -2.19. The molecule has 2 aromatic carbocycles. The number of ether oxygens (including phenoxy) is 1. The van der Waals surface area contributed by atoms with Crippen LogP contribution in [-0.4, -0.2) is 5.11 Å². The second kappa shape index (κ2) is 5.41. The highest BCUT2D eigenvalue weighted by molar-refractivity contribution is 5.39. The van der Waals surface area contributed by atoms with Crippen molar-refractivity contribution >= 4 is 0 Å². The molecule has 0 saturated heterocycles. The predicted molar refractivity (Wildman–Crippen MR) is 70.7 cm³/mol. The summed E-state index contributed by atoms with van der Waals surface area (Å²) in [5.74, 6) is -0.161. The molecule has 1 heterocycles. The number of hydrogen-bond donors (Lipinski definition) is 1. The summed E-state index contributed by atoms with van der Waals surface area (Å²) in [6, 6.07) is 9.73. The van der Waals surface area contributed by atoms with E-state index in [9.17, 15) is 18.3 Å². The van der Waals surface area contributed by atoms with Crippen molar-refractivity contribution < 1.29 is 23.0 Å². The van der Waals surface area contributed by atoms with Crippen LogP contribution in [0.4, 0.5) is 13.2 Å².